The van der Waals surface area contributed by atoms with Crippen molar-refractivity contribution in [1.82, 2.24) is 9.97 Å². The number of aryl methyl sites for hydroxylation is 1. The molecule has 19 heavy (non-hydrogen) atoms. The summed E-state index contributed by atoms with van der Waals surface area (Å²) in [6.45, 7) is 1.87. The van der Waals surface area contributed by atoms with Crippen LogP contribution in [0.15, 0.2) is 41.7 Å². The van der Waals surface area contributed by atoms with E-state index in [2.05, 4.69) is 15.3 Å². The van der Waals surface area contributed by atoms with Crippen molar-refractivity contribution >= 4 is 23.4 Å². The van der Waals surface area contributed by atoms with Gasteiger partial charge in [-0.2, -0.15) is 0 Å². The Balaban J connectivity index is 1.90. The SMILES string of the molecule is Cc1ccnc(SCC(=O)Nc2ccccc2O)n1. The van der Waals surface area contributed by atoms with Crippen molar-refractivity contribution in [2.45, 2.75) is 12.1 Å². The molecule has 1 heterocycles. The zero-order valence-electron chi connectivity index (χ0n) is 10.3. The van der Waals surface area contributed by atoms with Crippen molar-refractivity contribution < 1.29 is 9.90 Å². The van der Waals surface area contributed by atoms with E-state index < -0.39 is 0 Å². The van der Waals surface area contributed by atoms with Gasteiger partial charge in [0, 0.05) is 11.9 Å². The Morgan fingerprint density at radius 2 is 2.16 bits per heavy atom. The van der Waals surface area contributed by atoms with Gasteiger partial charge in [0.1, 0.15) is 5.75 Å². The number of carbonyl (C=O) groups is 1. The van der Waals surface area contributed by atoms with E-state index in [0.29, 0.717) is 10.8 Å². The molecule has 0 radical (unpaired) electrons. The molecule has 98 valence electrons. The number of nitrogens with one attached hydrogen (secondary N) is 1. The molecule has 5 nitrogen and oxygen atoms in total. The predicted molar refractivity (Wildman–Crippen MR) is 74.2 cm³/mol. The number of phenolic OH excluding ortho intramolecular Hbond substituents is 1. The van der Waals surface area contributed by atoms with Crippen LogP contribution in [0.5, 0.6) is 5.75 Å². The largest absolute Gasteiger partial charge is 0.506 e. The van der Waals surface area contributed by atoms with Crippen LogP contribution in [0.25, 0.3) is 0 Å². The van der Waals surface area contributed by atoms with Crippen molar-refractivity contribution in [2.75, 3.05) is 11.1 Å². The molecule has 0 unspecified atom stereocenters. The number of aromatic nitrogens is 2. The standard InChI is InChI=1S/C13H13N3O2S/c1-9-6-7-14-13(15-9)19-8-12(18)16-10-4-2-3-5-11(10)17/h2-7,17H,8H2,1H3,(H,16,18). The first-order chi connectivity index (χ1) is 9.15. The fourth-order valence-corrected chi connectivity index (χ4v) is 2.07. The summed E-state index contributed by atoms with van der Waals surface area (Å²) < 4.78 is 0. The number of rotatable bonds is 4. The number of nitrogens with zero attached hydrogens (tertiary/aromatic N) is 2. The maximum atomic E-state index is 11.7. The Labute approximate surface area is 115 Å². The van der Waals surface area contributed by atoms with Crippen LogP contribution < -0.4 is 5.32 Å². The molecule has 6 heteroatoms. The van der Waals surface area contributed by atoms with Crippen LogP contribution in [0.1, 0.15) is 5.69 Å². The molecule has 0 bridgehead atoms. The number of aromatic hydroxyl groups is 1. The normalized spacial score (nSPS) is 10.2. The van der Waals surface area contributed by atoms with Crippen LogP contribution in [0.3, 0.4) is 0 Å². The minimum atomic E-state index is -0.211. The number of benzene rings is 1. The van der Waals surface area contributed by atoms with E-state index in [9.17, 15) is 9.90 Å². The first-order valence-corrected chi connectivity index (χ1v) is 6.64. The molecular formula is C13H13N3O2S. The van der Waals surface area contributed by atoms with Crippen LogP contribution in [-0.2, 0) is 4.79 Å². The molecule has 1 amide bonds. The van der Waals surface area contributed by atoms with Gasteiger partial charge >= 0.3 is 0 Å². The second kappa shape index (κ2) is 6.19. The average Bonchev–Trinajstić information content (AvgIpc) is 2.39. The van der Waals surface area contributed by atoms with E-state index in [1.54, 1.807) is 30.5 Å². The van der Waals surface area contributed by atoms with E-state index in [4.69, 9.17) is 0 Å². The molecule has 0 aliphatic heterocycles. The van der Waals surface area contributed by atoms with Gasteiger partial charge in [0.2, 0.25) is 5.91 Å². The van der Waals surface area contributed by atoms with Gasteiger partial charge in [-0.25, -0.2) is 9.97 Å². The molecule has 0 atom stereocenters. The van der Waals surface area contributed by atoms with Crippen LogP contribution in [0.4, 0.5) is 5.69 Å². The monoisotopic (exact) mass is 275 g/mol. The van der Waals surface area contributed by atoms with Crippen LogP contribution in [-0.4, -0.2) is 26.7 Å². The zero-order valence-corrected chi connectivity index (χ0v) is 11.1. The molecule has 0 spiro atoms. The lowest BCUT2D eigenvalue weighted by Gasteiger charge is -2.06. The third kappa shape index (κ3) is 3.96. The third-order valence-corrected chi connectivity index (χ3v) is 3.14. The summed E-state index contributed by atoms with van der Waals surface area (Å²) in [6.07, 6.45) is 1.66. The predicted octanol–water partition coefficient (Wildman–Crippen LogP) is 2.22. The van der Waals surface area contributed by atoms with Crippen molar-refractivity contribution in [3.05, 3.63) is 42.2 Å². The first kappa shape index (κ1) is 13.4. The fraction of sp³-hybridized carbons (Fsp3) is 0.154. The maximum Gasteiger partial charge on any atom is 0.234 e. The first-order valence-electron chi connectivity index (χ1n) is 5.65. The number of hydrogen-bond acceptors (Lipinski definition) is 5. The Morgan fingerprint density at radius 1 is 1.37 bits per heavy atom. The molecule has 2 rings (SSSR count). The topological polar surface area (TPSA) is 75.1 Å². The van der Waals surface area contributed by atoms with Crippen LogP contribution in [0.2, 0.25) is 0 Å². The average molecular weight is 275 g/mol. The maximum absolute atomic E-state index is 11.7. The fourth-order valence-electron chi connectivity index (χ4n) is 1.39. The van der Waals surface area contributed by atoms with Gasteiger partial charge in [-0.1, -0.05) is 23.9 Å². The number of anilines is 1. The number of para-hydroxylation sites is 2. The van der Waals surface area contributed by atoms with E-state index in [-0.39, 0.29) is 17.4 Å². The lowest BCUT2D eigenvalue weighted by molar-refractivity contribution is -0.113. The summed E-state index contributed by atoms with van der Waals surface area (Å²) in [5, 5.41) is 12.7. The van der Waals surface area contributed by atoms with Crippen molar-refractivity contribution in [2.24, 2.45) is 0 Å². The molecule has 1 aromatic carbocycles. The second-order valence-corrected chi connectivity index (χ2v) is 4.78. The minimum absolute atomic E-state index is 0.0488. The van der Waals surface area contributed by atoms with Crippen molar-refractivity contribution in [3.63, 3.8) is 0 Å². The number of thioether (sulfide) groups is 1. The highest BCUT2D eigenvalue weighted by atomic mass is 32.2. The van der Waals surface area contributed by atoms with Crippen molar-refractivity contribution in [1.29, 1.82) is 0 Å². The van der Waals surface area contributed by atoms with Gasteiger partial charge < -0.3 is 10.4 Å². The van der Waals surface area contributed by atoms with E-state index in [1.807, 2.05) is 6.92 Å². The number of phenols is 1. The number of hydrogen-bond donors (Lipinski definition) is 2. The number of amides is 1. The quantitative estimate of drug-likeness (QED) is 0.508. The summed E-state index contributed by atoms with van der Waals surface area (Å²) in [4.78, 5) is 20.0. The lowest BCUT2D eigenvalue weighted by atomic mass is 10.3. The second-order valence-electron chi connectivity index (χ2n) is 3.83. The summed E-state index contributed by atoms with van der Waals surface area (Å²) in [7, 11) is 0. The van der Waals surface area contributed by atoms with E-state index in [1.165, 1.54) is 17.8 Å². The van der Waals surface area contributed by atoms with Gasteiger partial charge in [-0.15, -0.1) is 0 Å². The molecule has 2 N–H and O–H groups in total. The Morgan fingerprint density at radius 3 is 2.89 bits per heavy atom. The van der Waals surface area contributed by atoms with Gasteiger partial charge in [0.05, 0.1) is 11.4 Å². The summed E-state index contributed by atoms with van der Waals surface area (Å²) in [5.41, 5.74) is 1.26. The highest BCUT2D eigenvalue weighted by molar-refractivity contribution is 7.99. The van der Waals surface area contributed by atoms with E-state index in [0.717, 1.165) is 5.69 Å². The van der Waals surface area contributed by atoms with Crippen molar-refractivity contribution in [3.8, 4) is 5.75 Å². The molecule has 0 saturated carbocycles. The van der Waals surface area contributed by atoms with Gasteiger partial charge in [0.25, 0.3) is 0 Å². The smallest absolute Gasteiger partial charge is 0.234 e. The molecule has 0 saturated heterocycles. The molecular weight excluding hydrogens is 262 g/mol. The highest BCUT2D eigenvalue weighted by Crippen LogP contribution is 2.22. The summed E-state index contributed by atoms with van der Waals surface area (Å²) in [5.74, 6) is 0.0295. The highest BCUT2D eigenvalue weighted by Gasteiger charge is 2.07. The lowest BCUT2D eigenvalue weighted by Crippen LogP contribution is -2.14. The molecule has 1 aromatic heterocycles. The van der Waals surface area contributed by atoms with Gasteiger partial charge in [-0.05, 0) is 25.1 Å². The van der Waals surface area contributed by atoms with E-state index >= 15 is 0 Å². The molecule has 0 aliphatic carbocycles. The van der Waals surface area contributed by atoms with Crippen LogP contribution in [0, 0.1) is 6.92 Å². The number of carbonyl (C=O) groups excluding carboxylic acids is 1. The molecule has 0 fully saturated rings. The van der Waals surface area contributed by atoms with Crippen LogP contribution >= 0.6 is 11.8 Å². The Hall–Kier alpha value is -2.08. The van der Waals surface area contributed by atoms with Gasteiger partial charge in [0.15, 0.2) is 5.16 Å². The zero-order chi connectivity index (χ0) is 13.7. The van der Waals surface area contributed by atoms with Gasteiger partial charge in [-0.3, -0.25) is 4.79 Å². The molecule has 0 aliphatic rings. The minimum Gasteiger partial charge on any atom is -0.506 e. The Bertz CT molecular complexity index is 590. The molecule has 2 aromatic rings. The summed E-state index contributed by atoms with van der Waals surface area (Å²) in [6, 6.07) is 8.39. The third-order valence-electron chi connectivity index (χ3n) is 2.28. The summed E-state index contributed by atoms with van der Waals surface area (Å²) >= 11 is 1.25. The Kier molecular flexibility index (Phi) is 4.35.